The fourth-order valence-corrected chi connectivity index (χ4v) is 2.18. The number of carboxylic acids is 2. The van der Waals surface area contributed by atoms with Gasteiger partial charge in [0.15, 0.2) is 0 Å². The maximum Gasteiger partial charge on any atom is 2.00 e. The molecule has 0 amide bonds. The Bertz CT molecular complexity index is 313. The molecule has 0 aliphatic heterocycles. The van der Waals surface area contributed by atoms with Gasteiger partial charge in [-0.05, 0) is 24.5 Å². The van der Waals surface area contributed by atoms with Crippen molar-refractivity contribution in [2.24, 2.45) is 0 Å². The van der Waals surface area contributed by atoms with Gasteiger partial charge in [-0.3, -0.25) is 0 Å². The maximum atomic E-state index is 10.7. The molecule has 0 N–H and O–H groups in total. The van der Waals surface area contributed by atoms with Crippen LogP contribution >= 0.6 is 0 Å². The third-order valence-corrected chi connectivity index (χ3v) is 3.35. The molecule has 0 aliphatic carbocycles. The van der Waals surface area contributed by atoms with Gasteiger partial charge >= 0.3 is 19.5 Å². The first-order chi connectivity index (χ1) is 9.57. The van der Waals surface area contributed by atoms with Crippen molar-refractivity contribution < 1.29 is 39.3 Å². The number of hydrogen-bond donors (Lipinski definition) is 0. The van der Waals surface area contributed by atoms with Crippen molar-refractivity contribution in [1.29, 1.82) is 0 Å². The third-order valence-electron chi connectivity index (χ3n) is 3.35. The Hall–Kier alpha value is -0.697. The smallest absolute Gasteiger partial charge is 0.545 e. The second-order valence-corrected chi connectivity index (χ2v) is 5.21. The first kappa shape index (κ1) is 22.6. The summed E-state index contributed by atoms with van der Waals surface area (Å²) in [4.78, 5) is 21.0. The van der Waals surface area contributed by atoms with Gasteiger partial charge in [0, 0.05) is 0 Å². The SMILES string of the molecule is CCCCCCCCCCCC/C(=C/C(=O)[O-])C(=O)[O-].[Zn+2]. The summed E-state index contributed by atoms with van der Waals surface area (Å²) in [5, 5.41) is 21.0. The fourth-order valence-electron chi connectivity index (χ4n) is 2.18. The maximum absolute atomic E-state index is 10.7. The molecule has 0 rings (SSSR count). The molecule has 0 spiro atoms. The predicted molar refractivity (Wildman–Crippen MR) is 74.6 cm³/mol. The van der Waals surface area contributed by atoms with Crippen molar-refractivity contribution in [2.75, 3.05) is 0 Å². The van der Waals surface area contributed by atoms with Crippen molar-refractivity contribution in [3.8, 4) is 0 Å². The molecule has 0 unspecified atom stereocenters. The topological polar surface area (TPSA) is 80.3 Å². The number of carbonyl (C=O) groups excluding carboxylic acids is 2. The number of rotatable bonds is 13. The van der Waals surface area contributed by atoms with Crippen LogP contribution in [-0.2, 0) is 29.1 Å². The van der Waals surface area contributed by atoms with E-state index in [0.717, 1.165) is 19.3 Å². The minimum absolute atomic E-state index is 0. The van der Waals surface area contributed by atoms with Gasteiger partial charge in [-0.2, -0.15) is 0 Å². The van der Waals surface area contributed by atoms with Crippen LogP contribution in [0.5, 0.6) is 0 Å². The van der Waals surface area contributed by atoms with Crippen molar-refractivity contribution in [3.05, 3.63) is 11.6 Å². The number of unbranched alkanes of at least 4 members (excludes halogenated alkanes) is 9. The number of aliphatic carboxylic acids is 2. The second kappa shape index (κ2) is 15.7. The summed E-state index contributed by atoms with van der Waals surface area (Å²) in [7, 11) is 0. The standard InChI is InChI=1S/C16H28O4.Zn/c1-2-3-4-5-6-7-8-9-10-11-12-14(16(19)20)13-15(17)18;/h13H,2-12H2,1H3,(H,17,18)(H,19,20);/q;+2/p-2/b14-13-;. The molecule has 0 aliphatic rings. The average Bonchev–Trinajstić information content (AvgIpc) is 2.39. The Kier molecular flexibility index (Phi) is 16.9. The molecule has 0 aromatic rings. The first-order valence-electron chi connectivity index (χ1n) is 7.70. The van der Waals surface area contributed by atoms with Gasteiger partial charge in [0.2, 0.25) is 0 Å². The largest absolute Gasteiger partial charge is 2.00 e. The molecule has 0 atom stereocenters. The molecule has 0 bridgehead atoms. The fraction of sp³-hybridized carbons (Fsp3) is 0.750. The normalized spacial score (nSPS) is 11.0. The van der Waals surface area contributed by atoms with Crippen molar-refractivity contribution >= 4 is 11.9 Å². The zero-order valence-electron chi connectivity index (χ0n) is 13.2. The molecule has 0 saturated carbocycles. The zero-order chi connectivity index (χ0) is 15.2. The molecule has 5 heteroatoms. The van der Waals surface area contributed by atoms with E-state index in [1.807, 2.05) is 0 Å². The van der Waals surface area contributed by atoms with Crippen molar-refractivity contribution in [1.82, 2.24) is 0 Å². The molecule has 0 aromatic heterocycles. The Labute approximate surface area is 140 Å². The van der Waals surface area contributed by atoms with Gasteiger partial charge < -0.3 is 19.8 Å². The quantitative estimate of drug-likeness (QED) is 0.288. The summed E-state index contributed by atoms with van der Waals surface area (Å²) in [6.45, 7) is 2.20. The van der Waals surface area contributed by atoms with Crippen LogP contribution in [0.3, 0.4) is 0 Å². The van der Waals surface area contributed by atoms with Crippen LogP contribution in [0, 0.1) is 0 Å². The molecule has 0 saturated heterocycles. The van der Waals surface area contributed by atoms with Crippen LogP contribution in [0.1, 0.15) is 77.6 Å². The van der Waals surface area contributed by atoms with E-state index in [9.17, 15) is 19.8 Å². The van der Waals surface area contributed by atoms with Crippen LogP contribution in [0.2, 0.25) is 0 Å². The Morgan fingerprint density at radius 2 is 1.24 bits per heavy atom. The second-order valence-electron chi connectivity index (χ2n) is 5.21. The Balaban J connectivity index is 0. The number of carboxylic acid groups (broad SMARTS) is 2. The summed E-state index contributed by atoms with van der Waals surface area (Å²) in [6, 6.07) is 0. The molecule has 21 heavy (non-hydrogen) atoms. The third kappa shape index (κ3) is 15.5. The summed E-state index contributed by atoms with van der Waals surface area (Å²) >= 11 is 0. The van der Waals surface area contributed by atoms with Crippen LogP contribution in [0.25, 0.3) is 0 Å². The van der Waals surface area contributed by atoms with E-state index in [1.165, 1.54) is 38.5 Å². The molecule has 4 nitrogen and oxygen atoms in total. The number of hydrogen-bond acceptors (Lipinski definition) is 4. The van der Waals surface area contributed by atoms with E-state index in [-0.39, 0.29) is 31.5 Å². The van der Waals surface area contributed by atoms with E-state index in [0.29, 0.717) is 12.5 Å². The monoisotopic (exact) mass is 346 g/mol. The summed E-state index contributed by atoms with van der Waals surface area (Å²) in [6.07, 6.45) is 12.4. The van der Waals surface area contributed by atoms with E-state index >= 15 is 0 Å². The summed E-state index contributed by atoms with van der Waals surface area (Å²) < 4.78 is 0. The minimum atomic E-state index is -1.48. The summed E-state index contributed by atoms with van der Waals surface area (Å²) in [5.74, 6) is -2.89. The molecule has 0 aromatic carbocycles. The first-order valence-corrected chi connectivity index (χ1v) is 7.70. The molecule has 0 heterocycles. The average molecular weight is 348 g/mol. The van der Waals surface area contributed by atoms with Crippen LogP contribution < -0.4 is 10.2 Å². The molecule has 0 radical (unpaired) electrons. The molecule has 116 valence electrons. The van der Waals surface area contributed by atoms with Crippen LogP contribution in [0.15, 0.2) is 11.6 Å². The number of carbonyl (C=O) groups is 2. The van der Waals surface area contributed by atoms with Crippen molar-refractivity contribution in [3.63, 3.8) is 0 Å². The van der Waals surface area contributed by atoms with Gasteiger partial charge in [0.05, 0.1) is 11.9 Å². The molecular weight excluding hydrogens is 322 g/mol. The van der Waals surface area contributed by atoms with E-state index < -0.39 is 11.9 Å². The van der Waals surface area contributed by atoms with Gasteiger partial charge in [0.1, 0.15) is 0 Å². The van der Waals surface area contributed by atoms with Crippen LogP contribution in [0.4, 0.5) is 0 Å². The molecule has 0 fully saturated rings. The zero-order valence-corrected chi connectivity index (χ0v) is 16.2. The summed E-state index contributed by atoms with van der Waals surface area (Å²) in [5.41, 5.74) is -0.176. The minimum Gasteiger partial charge on any atom is -0.545 e. The van der Waals surface area contributed by atoms with E-state index in [2.05, 4.69) is 6.92 Å². The molecular formula is C16H26O4Zn. The van der Waals surface area contributed by atoms with Gasteiger partial charge in [0.25, 0.3) is 0 Å². The van der Waals surface area contributed by atoms with Crippen molar-refractivity contribution in [2.45, 2.75) is 77.6 Å². The van der Waals surface area contributed by atoms with Gasteiger partial charge in [-0.1, -0.05) is 64.7 Å². The Morgan fingerprint density at radius 1 is 0.810 bits per heavy atom. The van der Waals surface area contributed by atoms with E-state index in [1.54, 1.807) is 0 Å². The van der Waals surface area contributed by atoms with Gasteiger partial charge in [-0.25, -0.2) is 0 Å². The van der Waals surface area contributed by atoms with E-state index in [4.69, 9.17) is 0 Å². The van der Waals surface area contributed by atoms with Crippen LogP contribution in [-0.4, -0.2) is 11.9 Å². The predicted octanol–water partition coefficient (Wildman–Crippen LogP) is 1.72. The Morgan fingerprint density at radius 3 is 1.62 bits per heavy atom. The van der Waals surface area contributed by atoms with Gasteiger partial charge in [-0.15, -0.1) is 0 Å².